The number of sulfonamides is 2. The van der Waals surface area contributed by atoms with E-state index in [2.05, 4.69) is 31.6 Å². The van der Waals surface area contributed by atoms with Crippen LogP contribution in [0.5, 0.6) is 0 Å². The number of benzene rings is 1. The molecule has 1 aromatic carbocycles. The molecule has 1 aliphatic heterocycles. The molecule has 140 valence electrons. The van der Waals surface area contributed by atoms with Gasteiger partial charge in [-0.25, -0.2) is 37.8 Å². The summed E-state index contributed by atoms with van der Waals surface area (Å²) < 4.78 is 48.9. The summed E-state index contributed by atoms with van der Waals surface area (Å²) in [5.41, 5.74) is 12.8. The molecular weight excluding hydrogens is 382 g/mol. The number of nitrogens with zero attached hydrogens (tertiary/aromatic N) is 1. The minimum Gasteiger partial charge on any atom is -0.284 e. The summed E-state index contributed by atoms with van der Waals surface area (Å²) in [6, 6.07) is 8.11. The molecule has 0 atom stereocenters. The van der Waals surface area contributed by atoms with E-state index in [0.29, 0.717) is 22.4 Å². The Morgan fingerprint density at radius 3 is 2.19 bits per heavy atom. The third kappa shape index (κ3) is 4.16. The standard InChI is InChI=1S/C13H17N7O4S2/c1-25(21,22)18-9-4-2-8(3-5-9)10-6-7-15-13(26(14,23)24)11(10)12-16-19-20-17-12/h2-7,12,16-20H,1H3,(H2,14,23,24). The lowest BCUT2D eigenvalue weighted by atomic mass is 10.00. The zero-order chi connectivity index (χ0) is 18.9. The van der Waals surface area contributed by atoms with Gasteiger partial charge in [-0.05, 0) is 29.3 Å². The maximum Gasteiger partial charge on any atom is 0.255 e. The molecule has 0 radical (unpaired) electrons. The molecule has 13 heteroatoms. The monoisotopic (exact) mass is 399 g/mol. The molecule has 0 saturated carbocycles. The van der Waals surface area contributed by atoms with Crippen molar-refractivity contribution in [3.05, 3.63) is 42.1 Å². The van der Waals surface area contributed by atoms with Crippen molar-refractivity contribution in [1.82, 2.24) is 26.9 Å². The van der Waals surface area contributed by atoms with Crippen LogP contribution in [0.25, 0.3) is 11.1 Å². The Morgan fingerprint density at radius 1 is 1.04 bits per heavy atom. The Morgan fingerprint density at radius 2 is 1.65 bits per heavy atom. The summed E-state index contributed by atoms with van der Waals surface area (Å²) in [6.07, 6.45) is 1.77. The van der Waals surface area contributed by atoms with Crippen molar-refractivity contribution in [3.8, 4) is 11.1 Å². The van der Waals surface area contributed by atoms with Gasteiger partial charge in [0.1, 0.15) is 6.17 Å². The van der Waals surface area contributed by atoms with Gasteiger partial charge in [-0.15, -0.1) is 0 Å². The molecule has 3 rings (SSSR count). The fourth-order valence-corrected chi connectivity index (χ4v) is 3.85. The average molecular weight is 399 g/mol. The van der Waals surface area contributed by atoms with Crippen LogP contribution in [-0.2, 0) is 20.0 Å². The van der Waals surface area contributed by atoms with Crippen LogP contribution >= 0.6 is 0 Å². The Kier molecular flexibility index (Phi) is 4.94. The maximum absolute atomic E-state index is 11.9. The Bertz CT molecular complexity index is 1020. The van der Waals surface area contributed by atoms with Crippen molar-refractivity contribution in [3.63, 3.8) is 0 Å². The first kappa shape index (κ1) is 18.7. The van der Waals surface area contributed by atoms with Crippen molar-refractivity contribution in [1.29, 1.82) is 0 Å². The molecular formula is C13H17N7O4S2. The van der Waals surface area contributed by atoms with Gasteiger partial charge in [-0.2, -0.15) is 11.1 Å². The molecule has 11 nitrogen and oxygen atoms in total. The van der Waals surface area contributed by atoms with Gasteiger partial charge in [0, 0.05) is 17.4 Å². The van der Waals surface area contributed by atoms with E-state index in [-0.39, 0.29) is 5.03 Å². The lowest BCUT2D eigenvalue weighted by Crippen LogP contribution is -2.33. The Labute approximate surface area is 150 Å². The number of nitrogens with one attached hydrogen (secondary N) is 5. The van der Waals surface area contributed by atoms with Gasteiger partial charge in [0.2, 0.25) is 10.0 Å². The van der Waals surface area contributed by atoms with E-state index in [1.54, 1.807) is 30.3 Å². The lowest BCUT2D eigenvalue weighted by Gasteiger charge is -2.18. The summed E-state index contributed by atoms with van der Waals surface area (Å²) in [5.74, 6) is 0. The molecule has 0 spiro atoms. The second-order valence-corrected chi connectivity index (χ2v) is 8.77. The molecule has 0 bridgehead atoms. The minimum atomic E-state index is -4.07. The second kappa shape index (κ2) is 6.88. The van der Waals surface area contributed by atoms with E-state index >= 15 is 0 Å². The molecule has 0 aliphatic carbocycles. The molecule has 2 aromatic rings. The van der Waals surface area contributed by atoms with Crippen LogP contribution in [0.1, 0.15) is 11.7 Å². The molecule has 1 fully saturated rings. The SMILES string of the molecule is CS(=O)(=O)Nc1ccc(-c2ccnc(S(N)(=O)=O)c2C2NNNN2)cc1. The number of hydrogen-bond donors (Lipinski definition) is 6. The first-order valence-corrected chi connectivity index (χ1v) is 10.7. The fourth-order valence-electron chi connectivity index (χ4n) is 2.54. The van der Waals surface area contributed by atoms with E-state index in [4.69, 9.17) is 5.14 Å². The van der Waals surface area contributed by atoms with Gasteiger partial charge in [-0.3, -0.25) is 4.72 Å². The van der Waals surface area contributed by atoms with Crippen LogP contribution in [0, 0.1) is 0 Å². The van der Waals surface area contributed by atoms with Crippen molar-refractivity contribution in [2.75, 3.05) is 11.0 Å². The maximum atomic E-state index is 11.9. The van der Waals surface area contributed by atoms with Crippen LogP contribution in [0.3, 0.4) is 0 Å². The van der Waals surface area contributed by atoms with Gasteiger partial charge in [0.25, 0.3) is 10.0 Å². The van der Waals surface area contributed by atoms with Gasteiger partial charge >= 0.3 is 0 Å². The van der Waals surface area contributed by atoms with Crippen LogP contribution in [0.2, 0.25) is 0 Å². The summed E-state index contributed by atoms with van der Waals surface area (Å²) >= 11 is 0. The Balaban J connectivity index is 2.10. The predicted octanol–water partition coefficient (Wildman–Crippen LogP) is -1.12. The summed E-state index contributed by atoms with van der Waals surface area (Å²) in [4.78, 5) is 3.91. The number of primary sulfonamides is 1. The van der Waals surface area contributed by atoms with Crippen LogP contribution in [0.4, 0.5) is 5.69 Å². The first-order chi connectivity index (χ1) is 12.1. The smallest absolute Gasteiger partial charge is 0.255 e. The highest BCUT2D eigenvalue weighted by molar-refractivity contribution is 7.92. The highest BCUT2D eigenvalue weighted by Gasteiger charge is 2.28. The van der Waals surface area contributed by atoms with E-state index in [0.717, 1.165) is 6.26 Å². The third-order valence-corrected chi connectivity index (χ3v) is 4.98. The van der Waals surface area contributed by atoms with Crippen molar-refractivity contribution < 1.29 is 16.8 Å². The predicted molar refractivity (Wildman–Crippen MR) is 94.8 cm³/mol. The van der Waals surface area contributed by atoms with Crippen LogP contribution in [0.15, 0.2) is 41.6 Å². The summed E-state index contributed by atoms with van der Waals surface area (Å²) in [6.45, 7) is 0. The molecule has 2 heterocycles. The van der Waals surface area contributed by atoms with E-state index in [1.165, 1.54) is 6.20 Å². The highest BCUT2D eigenvalue weighted by Crippen LogP contribution is 2.31. The van der Waals surface area contributed by atoms with Gasteiger partial charge in [0.05, 0.1) is 6.26 Å². The van der Waals surface area contributed by atoms with Crippen LogP contribution in [-0.4, -0.2) is 28.1 Å². The molecule has 0 amide bonds. The van der Waals surface area contributed by atoms with Crippen molar-refractivity contribution in [2.24, 2.45) is 5.14 Å². The zero-order valence-electron chi connectivity index (χ0n) is 13.5. The number of rotatable bonds is 5. The number of nitrogens with two attached hydrogens (primary N) is 1. The molecule has 1 aromatic heterocycles. The number of hydrazine groups is 3. The summed E-state index contributed by atoms with van der Waals surface area (Å²) in [7, 11) is -7.47. The molecule has 26 heavy (non-hydrogen) atoms. The number of pyridine rings is 1. The quantitative estimate of drug-likeness (QED) is 0.365. The van der Waals surface area contributed by atoms with E-state index < -0.39 is 26.2 Å². The number of aromatic nitrogens is 1. The van der Waals surface area contributed by atoms with E-state index in [9.17, 15) is 16.8 Å². The topological polar surface area (TPSA) is 167 Å². The normalized spacial score (nSPS) is 15.9. The van der Waals surface area contributed by atoms with Crippen LogP contribution < -0.4 is 31.8 Å². The number of anilines is 1. The average Bonchev–Trinajstić information content (AvgIpc) is 3.07. The lowest BCUT2D eigenvalue weighted by molar-refractivity contribution is 0.534. The molecule has 0 unspecified atom stereocenters. The molecule has 1 aliphatic rings. The third-order valence-electron chi connectivity index (χ3n) is 3.51. The fraction of sp³-hybridized carbons (Fsp3) is 0.154. The minimum absolute atomic E-state index is 0.274. The largest absolute Gasteiger partial charge is 0.284 e. The van der Waals surface area contributed by atoms with Gasteiger partial charge < -0.3 is 0 Å². The van der Waals surface area contributed by atoms with Gasteiger partial charge in [-0.1, -0.05) is 12.1 Å². The first-order valence-electron chi connectivity index (χ1n) is 7.26. The molecule has 7 N–H and O–H groups in total. The zero-order valence-corrected chi connectivity index (χ0v) is 15.1. The van der Waals surface area contributed by atoms with Crippen molar-refractivity contribution >= 4 is 25.7 Å². The Hall–Kier alpha value is -2.13. The van der Waals surface area contributed by atoms with Crippen molar-refractivity contribution in [2.45, 2.75) is 11.2 Å². The molecule has 1 saturated heterocycles. The van der Waals surface area contributed by atoms with Gasteiger partial charge in [0.15, 0.2) is 5.03 Å². The number of hydrogen-bond acceptors (Lipinski definition) is 9. The second-order valence-electron chi connectivity index (χ2n) is 5.55. The summed E-state index contributed by atoms with van der Waals surface area (Å²) in [5, 5.41) is 5.03. The van der Waals surface area contributed by atoms with E-state index in [1.807, 2.05) is 0 Å². The highest BCUT2D eigenvalue weighted by atomic mass is 32.2.